The molecule has 0 saturated heterocycles. The first-order chi connectivity index (χ1) is 14.0. The Bertz CT molecular complexity index is 1080. The van der Waals surface area contributed by atoms with E-state index in [2.05, 4.69) is 13.0 Å². The number of carboxylic acids is 1. The van der Waals surface area contributed by atoms with Crippen LogP contribution in [0.15, 0.2) is 42.6 Å². The van der Waals surface area contributed by atoms with Gasteiger partial charge in [0.25, 0.3) is 0 Å². The van der Waals surface area contributed by atoms with E-state index in [1.807, 2.05) is 29.7 Å². The van der Waals surface area contributed by atoms with Crippen molar-refractivity contribution in [3.8, 4) is 0 Å². The molecule has 0 unspecified atom stereocenters. The Labute approximate surface area is 170 Å². The molecular weight excluding hydrogens is 364 g/mol. The predicted molar refractivity (Wildman–Crippen MR) is 112 cm³/mol. The van der Waals surface area contributed by atoms with Crippen LogP contribution in [0.1, 0.15) is 76.2 Å². The predicted octanol–water partition coefficient (Wildman–Crippen LogP) is 5.06. The molecule has 1 aromatic carbocycles. The topological polar surface area (TPSA) is 71.7 Å². The van der Waals surface area contributed by atoms with Crippen LogP contribution in [0.4, 0.5) is 0 Å². The molecule has 2 heterocycles. The number of pyridine rings is 1. The molecule has 4 rings (SSSR count). The number of rotatable bonds is 8. The van der Waals surface area contributed by atoms with E-state index in [-0.39, 0.29) is 17.3 Å². The minimum atomic E-state index is -0.936. The third-order valence-electron chi connectivity index (χ3n) is 5.85. The highest BCUT2D eigenvalue weighted by atomic mass is 16.4. The van der Waals surface area contributed by atoms with Gasteiger partial charge in [0.2, 0.25) is 0 Å². The zero-order valence-corrected chi connectivity index (χ0v) is 16.9. The Kier molecular flexibility index (Phi) is 5.22. The number of imidazole rings is 1. The standard InChI is InChI=1S/C24H26N2O3/c1-3-6-17-9-5-12-26-22(15(2)25-23(17)26)21(27)14-20(16-10-11-16)18-7-4-8-19(13-18)24(28)29/h4-5,7-9,12-13,16,20H,3,6,10-11,14H2,1-2H3,(H,28,29)/t20-/m0/s1. The molecule has 2 aromatic heterocycles. The number of aromatic nitrogens is 2. The summed E-state index contributed by atoms with van der Waals surface area (Å²) in [5.74, 6) is -0.376. The van der Waals surface area contributed by atoms with Gasteiger partial charge in [0.15, 0.2) is 5.78 Å². The van der Waals surface area contributed by atoms with E-state index in [1.165, 1.54) is 0 Å². The number of ketones is 1. The molecule has 0 amide bonds. The van der Waals surface area contributed by atoms with Crippen molar-refractivity contribution >= 4 is 17.4 Å². The van der Waals surface area contributed by atoms with Crippen molar-refractivity contribution in [3.05, 3.63) is 70.7 Å². The molecule has 0 spiro atoms. The summed E-state index contributed by atoms with van der Waals surface area (Å²) in [5, 5.41) is 9.32. The summed E-state index contributed by atoms with van der Waals surface area (Å²) in [7, 11) is 0. The molecule has 0 radical (unpaired) electrons. The minimum Gasteiger partial charge on any atom is -0.478 e. The van der Waals surface area contributed by atoms with Gasteiger partial charge in [0, 0.05) is 12.6 Å². The SMILES string of the molecule is CCCc1cccn2c(C(=O)C[C@H](c3cccc(C(=O)O)c3)C3CC3)c(C)nc12. The summed E-state index contributed by atoms with van der Waals surface area (Å²) < 4.78 is 1.93. The Morgan fingerprint density at radius 2 is 2.03 bits per heavy atom. The van der Waals surface area contributed by atoms with Crippen LogP contribution in [0, 0.1) is 12.8 Å². The molecule has 5 nitrogen and oxygen atoms in total. The number of aromatic carboxylic acids is 1. The van der Waals surface area contributed by atoms with Crippen LogP contribution in [0.2, 0.25) is 0 Å². The summed E-state index contributed by atoms with van der Waals surface area (Å²) in [4.78, 5) is 29.4. The Morgan fingerprint density at radius 1 is 1.24 bits per heavy atom. The number of Topliss-reactive ketones (excluding diaryl/α,β-unsaturated/α-hetero) is 1. The summed E-state index contributed by atoms with van der Waals surface area (Å²) in [6.45, 7) is 4.03. The normalized spacial score (nSPS) is 14.8. The smallest absolute Gasteiger partial charge is 0.335 e. The second-order valence-corrected chi connectivity index (χ2v) is 8.02. The zero-order valence-electron chi connectivity index (χ0n) is 16.9. The van der Waals surface area contributed by atoms with Crippen molar-refractivity contribution < 1.29 is 14.7 Å². The van der Waals surface area contributed by atoms with Gasteiger partial charge in [0.05, 0.1) is 11.3 Å². The van der Waals surface area contributed by atoms with E-state index >= 15 is 0 Å². The van der Waals surface area contributed by atoms with Crippen LogP contribution in [0.3, 0.4) is 0 Å². The number of benzene rings is 1. The molecule has 5 heteroatoms. The number of hydrogen-bond acceptors (Lipinski definition) is 3. The Balaban J connectivity index is 1.67. The number of hydrogen-bond donors (Lipinski definition) is 1. The molecule has 1 fully saturated rings. The molecule has 1 N–H and O–H groups in total. The Hall–Kier alpha value is -2.95. The number of carbonyl (C=O) groups is 2. The van der Waals surface area contributed by atoms with E-state index in [4.69, 9.17) is 4.98 Å². The molecule has 29 heavy (non-hydrogen) atoms. The van der Waals surface area contributed by atoms with E-state index in [9.17, 15) is 14.7 Å². The van der Waals surface area contributed by atoms with Crippen LogP contribution < -0.4 is 0 Å². The fourth-order valence-corrected chi connectivity index (χ4v) is 4.29. The van der Waals surface area contributed by atoms with Gasteiger partial charge in [-0.25, -0.2) is 9.78 Å². The summed E-state index contributed by atoms with van der Waals surface area (Å²) in [6, 6.07) is 11.1. The maximum atomic E-state index is 13.4. The van der Waals surface area contributed by atoms with Crippen LogP contribution >= 0.6 is 0 Å². The minimum absolute atomic E-state index is 0.0468. The monoisotopic (exact) mass is 390 g/mol. The fourth-order valence-electron chi connectivity index (χ4n) is 4.29. The third-order valence-corrected chi connectivity index (χ3v) is 5.85. The molecule has 1 atom stereocenters. The molecule has 0 bridgehead atoms. The number of fused-ring (bicyclic) bond motifs is 1. The second kappa shape index (κ2) is 7.82. The van der Waals surface area contributed by atoms with Crippen molar-refractivity contribution in [1.29, 1.82) is 0 Å². The number of nitrogens with zero attached hydrogens (tertiary/aromatic N) is 2. The van der Waals surface area contributed by atoms with Crippen LogP contribution in [0.25, 0.3) is 5.65 Å². The van der Waals surface area contributed by atoms with E-state index in [0.717, 1.165) is 48.2 Å². The highest BCUT2D eigenvalue weighted by molar-refractivity contribution is 5.97. The second-order valence-electron chi connectivity index (χ2n) is 8.02. The van der Waals surface area contributed by atoms with Gasteiger partial charge in [-0.05, 0) is 67.3 Å². The quantitative estimate of drug-likeness (QED) is 0.546. The fraction of sp³-hybridized carbons (Fsp3) is 0.375. The molecule has 3 aromatic rings. The first-order valence-corrected chi connectivity index (χ1v) is 10.3. The summed E-state index contributed by atoms with van der Waals surface area (Å²) in [6.07, 6.45) is 6.42. The van der Waals surface area contributed by atoms with Crippen molar-refractivity contribution in [2.24, 2.45) is 5.92 Å². The lowest BCUT2D eigenvalue weighted by Gasteiger charge is -2.17. The summed E-state index contributed by atoms with van der Waals surface area (Å²) in [5.41, 5.74) is 4.65. The van der Waals surface area contributed by atoms with E-state index < -0.39 is 5.97 Å². The van der Waals surface area contributed by atoms with Gasteiger partial charge in [-0.2, -0.15) is 0 Å². The highest BCUT2D eigenvalue weighted by Crippen LogP contribution is 2.45. The van der Waals surface area contributed by atoms with Gasteiger partial charge in [-0.3, -0.25) is 9.20 Å². The van der Waals surface area contributed by atoms with Crippen LogP contribution in [-0.4, -0.2) is 26.2 Å². The molecule has 150 valence electrons. The van der Waals surface area contributed by atoms with Gasteiger partial charge in [0.1, 0.15) is 11.3 Å². The summed E-state index contributed by atoms with van der Waals surface area (Å²) >= 11 is 0. The molecular formula is C24H26N2O3. The maximum Gasteiger partial charge on any atom is 0.335 e. The molecule has 1 aliphatic carbocycles. The zero-order chi connectivity index (χ0) is 20.5. The van der Waals surface area contributed by atoms with Crippen molar-refractivity contribution in [1.82, 2.24) is 9.38 Å². The van der Waals surface area contributed by atoms with Crippen LogP contribution in [-0.2, 0) is 6.42 Å². The molecule has 0 aliphatic heterocycles. The number of carbonyl (C=O) groups excluding carboxylic acids is 1. The van der Waals surface area contributed by atoms with Crippen molar-refractivity contribution in [2.45, 2.75) is 51.9 Å². The Morgan fingerprint density at radius 3 is 2.72 bits per heavy atom. The third kappa shape index (κ3) is 3.82. The average molecular weight is 390 g/mol. The van der Waals surface area contributed by atoms with Gasteiger partial charge >= 0.3 is 5.97 Å². The number of aryl methyl sites for hydroxylation is 2. The molecule has 1 saturated carbocycles. The largest absolute Gasteiger partial charge is 0.478 e. The van der Waals surface area contributed by atoms with Gasteiger partial charge in [-0.1, -0.05) is 31.5 Å². The highest BCUT2D eigenvalue weighted by Gasteiger charge is 2.35. The number of carboxylic acid groups (broad SMARTS) is 1. The van der Waals surface area contributed by atoms with E-state index in [1.54, 1.807) is 18.2 Å². The first-order valence-electron chi connectivity index (χ1n) is 10.3. The lowest BCUT2D eigenvalue weighted by atomic mass is 9.87. The maximum absolute atomic E-state index is 13.4. The van der Waals surface area contributed by atoms with E-state index in [0.29, 0.717) is 18.0 Å². The lowest BCUT2D eigenvalue weighted by molar-refractivity contribution is 0.0696. The van der Waals surface area contributed by atoms with Crippen LogP contribution in [0.5, 0.6) is 0 Å². The first kappa shape index (κ1) is 19.4. The van der Waals surface area contributed by atoms with Gasteiger partial charge < -0.3 is 5.11 Å². The van der Waals surface area contributed by atoms with Crippen molar-refractivity contribution in [3.63, 3.8) is 0 Å². The lowest BCUT2D eigenvalue weighted by Crippen LogP contribution is -2.13. The van der Waals surface area contributed by atoms with Crippen molar-refractivity contribution in [2.75, 3.05) is 0 Å². The average Bonchev–Trinajstić information content (AvgIpc) is 3.48. The van der Waals surface area contributed by atoms with Gasteiger partial charge in [-0.15, -0.1) is 0 Å². The molecule has 1 aliphatic rings.